The average Bonchev–Trinajstić information content (AvgIpc) is 2.75. The molecule has 8 heteroatoms. The van der Waals surface area contributed by atoms with Crippen LogP contribution in [0.25, 0.3) is 0 Å². The van der Waals surface area contributed by atoms with Crippen LogP contribution in [0.1, 0.15) is 37.0 Å². The summed E-state index contributed by atoms with van der Waals surface area (Å²) in [5.41, 5.74) is 3.18. The quantitative estimate of drug-likeness (QED) is 0.385. The van der Waals surface area contributed by atoms with Crippen LogP contribution in [0.2, 0.25) is 0 Å². The lowest BCUT2D eigenvalue weighted by Gasteiger charge is -2.16. The van der Waals surface area contributed by atoms with Crippen LogP contribution in [0.4, 0.5) is 0 Å². The number of aliphatic imine (C=N–C) groups is 1. The molecule has 2 rings (SSSR count). The van der Waals surface area contributed by atoms with Gasteiger partial charge in [-0.3, -0.25) is 4.99 Å². The van der Waals surface area contributed by atoms with Gasteiger partial charge in [-0.25, -0.2) is 13.1 Å². The van der Waals surface area contributed by atoms with Gasteiger partial charge >= 0.3 is 0 Å². The average molecular weight is 447 g/mol. The second kappa shape index (κ2) is 11.7. The lowest BCUT2D eigenvalue weighted by Crippen LogP contribution is -2.36. The zero-order valence-corrected chi connectivity index (χ0v) is 19.8. The summed E-state index contributed by atoms with van der Waals surface area (Å²) >= 11 is 0. The molecule has 31 heavy (non-hydrogen) atoms. The summed E-state index contributed by atoms with van der Waals surface area (Å²) in [6.07, 6.45) is 1.01. The van der Waals surface area contributed by atoms with Crippen LogP contribution < -0.4 is 20.1 Å². The highest BCUT2D eigenvalue weighted by Crippen LogP contribution is 2.21. The fourth-order valence-electron chi connectivity index (χ4n) is 2.84. The summed E-state index contributed by atoms with van der Waals surface area (Å²) in [7, 11) is -0.314. The molecule has 0 aliphatic heterocycles. The molecule has 0 aromatic heterocycles. The first-order valence-corrected chi connectivity index (χ1v) is 11.9. The zero-order chi connectivity index (χ0) is 22.9. The van der Waals surface area contributed by atoms with E-state index < -0.39 is 10.0 Å². The standard InChI is InChI=1S/C23H34N4O3S/c1-17(2)12-13-30-22-14-18(3)6-9-20(22)16-27-23(24-4)26-15-19-7-10-21(11-8-19)31(28,29)25-5/h6-11,14,17,25H,12-13,15-16H2,1-5H3,(H2,24,26,27). The largest absolute Gasteiger partial charge is 0.493 e. The Labute approximate surface area is 186 Å². The molecule has 170 valence electrons. The van der Waals surface area contributed by atoms with Gasteiger partial charge in [-0.15, -0.1) is 0 Å². The van der Waals surface area contributed by atoms with Gasteiger partial charge in [-0.1, -0.05) is 38.1 Å². The summed E-state index contributed by atoms with van der Waals surface area (Å²) in [5.74, 6) is 2.15. The first-order chi connectivity index (χ1) is 14.7. The topological polar surface area (TPSA) is 91.8 Å². The second-order valence-electron chi connectivity index (χ2n) is 7.77. The molecule has 0 saturated carbocycles. The Morgan fingerprint density at radius 1 is 1.06 bits per heavy atom. The highest BCUT2D eigenvalue weighted by molar-refractivity contribution is 7.89. The summed E-state index contributed by atoms with van der Waals surface area (Å²) < 4.78 is 32.0. The molecule has 7 nitrogen and oxygen atoms in total. The third kappa shape index (κ3) is 7.88. The minimum absolute atomic E-state index is 0.241. The van der Waals surface area contributed by atoms with E-state index in [0.717, 1.165) is 28.9 Å². The molecule has 0 aliphatic rings. The molecule has 0 heterocycles. The molecular weight excluding hydrogens is 412 g/mol. The second-order valence-corrected chi connectivity index (χ2v) is 9.66. The number of aryl methyl sites for hydroxylation is 1. The Morgan fingerprint density at radius 3 is 2.35 bits per heavy atom. The lowest BCUT2D eigenvalue weighted by atomic mass is 10.1. The molecule has 0 saturated heterocycles. The van der Waals surface area contributed by atoms with Crippen molar-refractivity contribution in [3.8, 4) is 5.75 Å². The third-order valence-electron chi connectivity index (χ3n) is 4.81. The Bertz CT molecular complexity index is 971. The van der Waals surface area contributed by atoms with Crippen LogP contribution in [-0.4, -0.2) is 35.1 Å². The van der Waals surface area contributed by atoms with Crippen molar-refractivity contribution in [2.75, 3.05) is 20.7 Å². The Hall–Kier alpha value is -2.58. The summed E-state index contributed by atoms with van der Waals surface area (Å²) in [5, 5.41) is 6.56. The molecule has 0 bridgehead atoms. The van der Waals surface area contributed by atoms with Crippen LogP contribution in [0.3, 0.4) is 0 Å². The first-order valence-electron chi connectivity index (χ1n) is 10.4. The Kier molecular flexibility index (Phi) is 9.33. The van der Waals surface area contributed by atoms with Crippen molar-refractivity contribution in [2.24, 2.45) is 10.9 Å². The first kappa shape index (κ1) is 24.7. The Balaban J connectivity index is 1.94. The van der Waals surface area contributed by atoms with Crippen molar-refractivity contribution in [3.63, 3.8) is 0 Å². The molecule has 0 unspecified atom stereocenters. The minimum atomic E-state index is -3.43. The normalized spacial score (nSPS) is 12.1. The minimum Gasteiger partial charge on any atom is -0.493 e. The van der Waals surface area contributed by atoms with Gasteiger partial charge in [0.15, 0.2) is 5.96 Å². The van der Waals surface area contributed by atoms with Crippen molar-refractivity contribution in [1.29, 1.82) is 0 Å². The number of hydrogen-bond acceptors (Lipinski definition) is 4. The number of ether oxygens (including phenoxy) is 1. The van der Waals surface area contributed by atoms with E-state index in [9.17, 15) is 8.42 Å². The van der Waals surface area contributed by atoms with Gasteiger partial charge in [0.1, 0.15) is 5.75 Å². The van der Waals surface area contributed by atoms with Crippen LogP contribution in [0.15, 0.2) is 52.4 Å². The number of nitrogens with one attached hydrogen (secondary N) is 3. The molecule has 0 radical (unpaired) electrons. The number of guanidine groups is 1. The van der Waals surface area contributed by atoms with Crippen molar-refractivity contribution in [1.82, 2.24) is 15.4 Å². The maximum atomic E-state index is 11.8. The van der Waals surface area contributed by atoms with E-state index in [0.29, 0.717) is 31.6 Å². The van der Waals surface area contributed by atoms with Crippen molar-refractivity contribution in [2.45, 2.75) is 45.2 Å². The van der Waals surface area contributed by atoms with Crippen molar-refractivity contribution >= 4 is 16.0 Å². The van der Waals surface area contributed by atoms with Gasteiger partial charge in [0.2, 0.25) is 10.0 Å². The van der Waals surface area contributed by atoms with E-state index in [1.807, 2.05) is 0 Å². The number of benzene rings is 2. The molecule has 3 N–H and O–H groups in total. The molecule has 0 fully saturated rings. The van der Waals surface area contributed by atoms with Gasteiger partial charge in [0, 0.05) is 25.7 Å². The smallest absolute Gasteiger partial charge is 0.240 e. The number of rotatable bonds is 10. The molecule has 2 aromatic carbocycles. The van der Waals surface area contributed by atoms with E-state index in [1.54, 1.807) is 31.3 Å². The van der Waals surface area contributed by atoms with E-state index in [2.05, 4.69) is 59.3 Å². The number of nitrogens with zero attached hydrogens (tertiary/aromatic N) is 1. The van der Waals surface area contributed by atoms with Gasteiger partial charge in [0.05, 0.1) is 11.5 Å². The van der Waals surface area contributed by atoms with E-state index in [4.69, 9.17) is 4.74 Å². The predicted molar refractivity (Wildman–Crippen MR) is 126 cm³/mol. The monoisotopic (exact) mass is 446 g/mol. The van der Waals surface area contributed by atoms with E-state index >= 15 is 0 Å². The molecular formula is C23H34N4O3S. The Morgan fingerprint density at radius 2 is 1.74 bits per heavy atom. The molecule has 0 aliphatic carbocycles. The maximum Gasteiger partial charge on any atom is 0.240 e. The molecule has 0 amide bonds. The fourth-order valence-corrected chi connectivity index (χ4v) is 3.57. The summed E-state index contributed by atoms with van der Waals surface area (Å²) in [6.45, 7) is 8.22. The SMILES string of the molecule is CN=C(NCc1ccc(S(=O)(=O)NC)cc1)NCc1ccc(C)cc1OCCC(C)C. The van der Waals surface area contributed by atoms with Gasteiger partial charge < -0.3 is 15.4 Å². The fraction of sp³-hybridized carbons (Fsp3) is 0.435. The van der Waals surface area contributed by atoms with Crippen LogP contribution >= 0.6 is 0 Å². The zero-order valence-electron chi connectivity index (χ0n) is 19.0. The third-order valence-corrected chi connectivity index (χ3v) is 6.24. The highest BCUT2D eigenvalue weighted by atomic mass is 32.2. The van der Waals surface area contributed by atoms with Crippen LogP contribution in [0.5, 0.6) is 5.75 Å². The molecule has 0 atom stereocenters. The van der Waals surface area contributed by atoms with Crippen molar-refractivity contribution < 1.29 is 13.2 Å². The van der Waals surface area contributed by atoms with Gasteiger partial charge in [-0.2, -0.15) is 0 Å². The number of sulfonamides is 1. The van der Waals surface area contributed by atoms with Gasteiger partial charge in [-0.05, 0) is 55.6 Å². The van der Waals surface area contributed by atoms with Crippen LogP contribution in [-0.2, 0) is 23.1 Å². The summed E-state index contributed by atoms with van der Waals surface area (Å²) in [4.78, 5) is 4.51. The number of hydrogen-bond donors (Lipinski definition) is 3. The summed E-state index contributed by atoms with van der Waals surface area (Å²) in [6, 6.07) is 13.0. The van der Waals surface area contributed by atoms with Crippen molar-refractivity contribution in [3.05, 3.63) is 59.2 Å². The molecule has 0 spiro atoms. The van der Waals surface area contributed by atoms with Crippen LogP contribution in [0, 0.1) is 12.8 Å². The van der Waals surface area contributed by atoms with E-state index in [-0.39, 0.29) is 4.90 Å². The molecule has 2 aromatic rings. The maximum absolute atomic E-state index is 11.8. The predicted octanol–water partition coefficient (Wildman–Crippen LogP) is 3.19. The highest BCUT2D eigenvalue weighted by Gasteiger charge is 2.11. The van der Waals surface area contributed by atoms with E-state index in [1.165, 1.54) is 7.05 Å². The van der Waals surface area contributed by atoms with Gasteiger partial charge in [0.25, 0.3) is 0 Å². The lowest BCUT2D eigenvalue weighted by molar-refractivity contribution is 0.286.